The summed E-state index contributed by atoms with van der Waals surface area (Å²) >= 11 is 3.51. The first-order chi connectivity index (χ1) is 13.8. The van der Waals surface area contributed by atoms with Gasteiger partial charge in [-0.2, -0.15) is 13.9 Å². The molecule has 0 aliphatic rings. The van der Waals surface area contributed by atoms with Crippen molar-refractivity contribution in [3.05, 3.63) is 75.5 Å². The van der Waals surface area contributed by atoms with Crippen molar-refractivity contribution < 1.29 is 18.3 Å². The normalized spacial score (nSPS) is 11.0. The van der Waals surface area contributed by atoms with Crippen LogP contribution in [0.15, 0.2) is 53.0 Å². The second-order valence-corrected chi connectivity index (χ2v) is 7.42. The third-order valence-electron chi connectivity index (χ3n) is 4.48. The molecule has 152 valence electrons. The van der Waals surface area contributed by atoms with E-state index in [1.807, 2.05) is 30.7 Å². The van der Waals surface area contributed by atoms with E-state index in [-0.39, 0.29) is 11.7 Å². The van der Waals surface area contributed by atoms with Gasteiger partial charge in [0.1, 0.15) is 5.75 Å². The predicted molar refractivity (Wildman–Crippen MR) is 110 cm³/mol. The van der Waals surface area contributed by atoms with Gasteiger partial charge in [0, 0.05) is 19.2 Å². The zero-order valence-electron chi connectivity index (χ0n) is 16.2. The zero-order valence-corrected chi connectivity index (χ0v) is 17.8. The molecular formula is C21H20BrF2N3O2. The Morgan fingerprint density at radius 2 is 1.76 bits per heavy atom. The van der Waals surface area contributed by atoms with E-state index in [0.717, 1.165) is 27.1 Å². The molecule has 2 aromatic carbocycles. The molecule has 0 N–H and O–H groups in total. The van der Waals surface area contributed by atoms with E-state index < -0.39 is 6.61 Å². The van der Waals surface area contributed by atoms with Crippen molar-refractivity contribution in [2.24, 2.45) is 0 Å². The molecule has 0 atom stereocenters. The summed E-state index contributed by atoms with van der Waals surface area (Å²) < 4.78 is 31.6. The Hall–Kier alpha value is -2.74. The lowest BCUT2D eigenvalue weighted by Gasteiger charge is -2.18. The molecule has 1 heterocycles. The van der Waals surface area contributed by atoms with Crippen LogP contribution in [-0.4, -0.2) is 34.2 Å². The number of ether oxygens (including phenoxy) is 1. The van der Waals surface area contributed by atoms with Crippen LogP contribution in [0.1, 0.15) is 27.3 Å². The summed E-state index contributed by atoms with van der Waals surface area (Å²) in [5.74, 6) is -0.0527. The van der Waals surface area contributed by atoms with Crippen LogP contribution in [-0.2, 0) is 6.54 Å². The zero-order chi connectivity index (χ0) is 21.1. The van der Waals surface area contributed by atoms with Crippen LogP contribution >= 0.6 is 15.9 Å². The van der Waals surface area contributed by atoms with Crippen LogP contribution < -0.4 is 4.74 Å². The van der Waals surface area contributed by atoms with Gasteiger partial charge in [0.25, 0.3) is 5.91 Å². The summed E-state index contributed by atoms with van der Waals surface area (Å²) in [7, 11) is 1.69. The summed E-state index contributed by atoms with van der Waals surface area (Å²) in [5, 5.41) is 4.49. The highest BCUT2D eigenvalue weighted by molar-refractivity contribution is 9.10. The van der Waals surface area contributed by atoms with Gasteiger partial charge in [-0.3, -0.25) is 4.79 Å². The second-order valence-electron chi connectivity index (χ2n) is 6.63. The summed E-state index contributed by atoms with van der Waals surface area (Å²) in [6.45, 7) is 1.38. The number of rotatable bonds is 6. The van der Waals surface area contributed by atoms with Gasteiger partial charge in [0.05, 0.1) is 21.5 Å². The van der Waals surface area contributed by atoms with Crippen LogP contribution in [0.25, 0.3) is 5.69 Å². The number of aromatic nitrogens is 2. The monoisotopic (exact) mass is 463 g/mol. The van der Waals surface area contributed by atoms with E-state index in [1.165, 1.54) is 12.1 Å². The maximum absolute atomic E-state index is 12.7. The largest absolute Gasteiger partial charge is 0.435 e. The number of hydrogen-bond donors (Lipinski definition) is 0. The molecule has 1 amide bonds. The molecule has 0 bridgehead atoms. The minimum absolute atomic E-state index is 0.0871. The minimum atomic E-state index is -2.86. The first-order valence-corrected chi connectivity index (χ1v) is 9.67. The van der Waals surface area contributed by atoms with Gasteiger partial charge >= 0.3 is 6.61 Å². The van der Waals surface area contributed by atoms with Crippen molar-refractivity contribution in [1.29, 1.82) is 0 Å². The highest BCUT2D eigenvalue weighted by Crippen LogP contribution is 2.23. The SMILES string of the molecule is Cc1nn(-c2ccc(C(=O)N(C)Cc3ccc(OC(F)F)cc3)cc2)c(C)c1Br. The summed E-state index contributed by atoms with van der Waals surface area (Å²) in [6, 6.07) is 13.5. The molecule has 0 spiro atoms. The lowest BCUT2D eigenvalue weighted by Crippen LogP contribution is -2.26. The van der Waals surface area contributed by atoms with E-state index in [9.17, 15) is 13.6 Å². The smallest absolute Gasteiger partial charge is 0.387 e. The molecule has 1 aromatic heterocycles. The standard InChI is InChI=1S/C21H20BrF2N3O2/c1-13-19(22)14(2)27(25-13)17-8-6-16(7-9-17)20(28)26(3)12-15-4-10-18(11-5-15)29-21(23)24/h4-11,21H,12H2,1-3H3. The molecule has 0 fully saturated rings. The van der Waals surface area contributed by atoms with Crippen molar-refractivity contribution in [3.8, 4) is 11.4 Å². The Morgan fingerprint density at radius 3 is 2.28 bits per heavy atom. The third-order valence-corrected chi connectivity index (χ3v) is 5.62. The number of halogens is 3. The average Bonchev–Trinajstić information content (AvgIpc) is 2.96. The molecule has 0 saturated carbocycles. The van der Waals surface area contributed by atoms with Crippen LogP contribution in [0, 0.1) is 13.8 Å². The van der Waals surface area contributed by atoms with Crippen LogP contribution in [0.5, 0.6) is 5.75 Å². The summed E-state index contributed by atoms with van der Waals surface area (Å²) in [4.78, 5) is 14.3. The summed E-state index contributed by atoms with van der Waals surface area (Å²) in [5.41, 5.74) is 4.11. The lowest BCUT2D eigenvalue weighted by atomic mass is 10.1. The topological polar surface area (TPSA) is 47.4 Å². The van der Waals surface area contributed by atoms with E-state index >= 15 is 0 Å². The Morgan fingerprint density at radius 1 is 1.14 bits per heavy atom. The lowest BCUT2D eigenvalue weighted by molar-refractivity contribution is -0.0498. The number of carbonyl (C=O) groups is 1. The van der Waals surface area contributed by atoms with Crippen molar-refractivity contribution in [2.45, 2.75) is 27.0 Å². The van der Waals surface area contributed by atoms with Gasteiger partial charge in [-0.25, -0.2) is 4.68 Å². The minimum Gasteiger partial charge on any atom is -0.435 e. The fraction of sp³-hybridized carbons (Fsp3) is 0.238. The highest BCUT2D eigenvalue weighted by atomic mass is 79.9. The van der Waals surface area contributed by atoms with Gasteiger partial charge in [-0.15, -0.1) is 0 Å². The number of amides is 1. The highest BCUT2D eigenvalue weighted by Gasteiger charge is 2.14. The predicted octanol–water partition coefficient (Wildman–Crippen LogP) is 5.13. The Labute approximate surface area is 176 Å². The molecule has 8 heteroatoms. The Balaban J connectivity index is 1.68. The van der Waals surface area contributed by atoms with Crippen LogP contribution in [0.2, 0.25) is 0 Å². The average molecular weight is 464 g/mol. The Kier molecular flexibility index (Phi) is 6.32. The summed E-state index contributed by atoms with van der Waals surface area (Å²) in [6.07, 6.45) is 0. The molecule has 0 unspecified atom stereocenters. The fourth-order valence-electron chi connectivity index (χ4n) is 2.96. The quantitative estimate of drug-likeness (QED) is 0.509. The van der Waals surface area contributed by atoms with Gasteiger partial charge < -0.3 is 9.64 Å². The number of aryl methyl sites for hydroxylation is 1. The molecular weight excluding hydrogens is 444 g/mol. The maximum Gasteiger partial charge on any atom is 0.387 e. The molecule has 0 radical (unpaired) electrons. The number of alkyl halides is 2. The number of carbonyl (C=O) groups excluding carboxylic acids is 1. The van der Waals surface area contributed by atoms with Crippen LogP contribution in [0.4, 0.5) is 8.78 Å². The van der Waals surface area contributed by atoms with Crippen molar-refractivity contribution in [3.63, 3.8) is 0 Å². The van der Waals surface area contributed by atoms with E-state index in [0.29, 0.717) is 12.1 Å². The molecule has 29 heavy (non-hydrogen) atoms. The van der Waals surface area contributed by atoms with Crippen LogP contribution in [0.3, 0.4) is 0 Å². The Bertz CT molecular complexity index is 1000. The van der Waals surface area contributed by atoms with Gasteiger partial charge in [0.15, 0.2) is 0 Å². The molecule has 3 rings (SSSR count). The van der Waals surface area contributed by atoms with Crippen molar-refractivity contribution >= 4 is 21.8 Å². The second kappa shape index (κ2) is 8.73. The number of benzene rings is 2. The molecule has 5 nitrogen and oxygen atoms in total. The first kappa shape index (κ1) is 21.0. The van der Waals surface area contributed by atoms with Crippen molar-refractivity contribution in [1.82, 2.24) is 14.7 Å². The molecule has 0 aliphatic heterocycles. The van der Waals surface area contributed by atoms with Gasteiger partial charge in [-0.05, 0) is 71.7 Å². The molecule has 0 saturated heterocycles. The fourth-order valence-corrected chi connectivity index (χ4v) is 3.21. The maximum atomic E-state index is 12.7. The molecule has 3 aromatic rings. The third kappa shape index (κ3) is 4.82. The number of hydrogen-bond acceptors (Lipinski definition) is 3. The van der Waals surface area contributed by atoms with E-state index in [2.05, 4.69) is 25.8 Å². The van der Waals surface area contributed by atoms with Crippen molar-refractivity contribution in [2.75, 3.05) is 7.05 Å². The number of nitrogens with zero attached hydrogens (tertiary/aromatic N) is 3. The first-order valence-electron chi connectivity index (χ1n) is 8.87. The van der Waals surface area contributed by atoms with Gasteiger partial charge in [-0.1, -0.05) is 12.1 Å². The molecule has 0 aliphatic carbocycles. The van der Waals surface area contributed by atoms with Gasteiger partial charge in [0.2, 0.25) is 0 Å². The van der Waals surface area contributed by atoms with E-state index in [4.69, 9.17) is 0 Å². The van der Waals surface area contributed by atoms with E-state index in [1.54, 1.807) is 36.2 Å².